The minimum Gasteiger partial charge on any atom is -0.394 e. The van der Waals surface area contributed by atoms with E-state index in [-0.39, 0.29) is 5.56 Å². The Morgan fingerprint density at radius 1 is 1.45 bits per heavy atom. The molecule has 4 atom stereocenters. The molecule has 0 saturated carbocycles. The molecule has 0 amide bonds. The van der Waals surface area contributed by atoms with Gasteiger partial charge in [-0.1, -0.05) is 0 Å². The molecule has 1 unspecified atom stereocenters. The van der Waals surface area contributed by atoms with Crippen LogP contribution in [0.2, 0.25) is 0 Å². The number of hydrogen-bond donors (Lipinski definition) is 5. The molecular weight excluding hydrogens is 272 g/mol. The Bertz CT molecular complexity index is 623. The number of aromatic nitrogens is 2. The monoisotopic (exact) mass is 286 g/mol. The fourth-order valence-electron chi connectivity index (χ4n) is 1.97. The van der Waals surface area contributed by atoms with Crippen molar-refractivity contribution in [3.8, 4) is 0 Å². The third-order valence-corrected chi connectivity index (χ3v) is 3.00. The van der Waals surface area contributed by atoms with E-state index in [0.717, 1.165) is 17.0 Å². The molecule has 2 heterocycles. The van der Waals surface area contributed by atoms with Gasteiger partial charge in [0, 0.05) is 6.20 Å². The molecule has 10 nitrogen and oxygen atoms in total. The first kappa shape index (κ1) is 14.4. The van der Waals surface area contributed by atoms with Crippen LogP contribution in [0.15, 0.2) is 20.9 Å². The van der Waals surface area contributed by atoms with Crippen LogP contribution in [0.25, 0.3) is 0 Å². The zero-order valence-corrected chi connectivity index (χ0v) is 10.2. The smallest absolute Gasteiger partial charge is 0.330 e. The summed E-state index contributed by atoms with van der Waals surface area (Å²) in [6.07, 6.45) is -2.93. The van der Waals surface area contributed by atoms with E-state index in [4.69, 9.17) is 15.7 Å². The molecule has 2 rings (SSSR count). The molecule has 1 aliphatic heterocycles. The van der Waals surface area contributed by atoms with E-state index in [2.05, 4.69) is 5.10 Å². The first-order valence-corrected chi connectivity index (χ1v) is 5.70. The maximum Gasteiger partial charge on any atom is 0.330 e. The second-order valence-corrected chi connectivity index (χ2v) is 4.26. The highest BCUT2D eigenvalue weighted by molar-refractivity contribution is 5.78. The van der Waals surface area contributed by atoms with Gasteiger partial charge >= 0.3 is 5.69 Å². The number of aliphatic hydroxyl groups is 3. The number of H-pyrrole nitrogens is 1. The van der Waals surface area contributed by atoms with Gasteiger partial charge in [0.15, 0.2) is 6.23 Å². The van der Waals surface area contributed by atoms with Gasteiger partial charge in [-0.2, -0.15) is 5.10 Å². The number of nitrogens with zero attached hydrogens (tertiary/aromatic N) is 2. The molecule has 0 aliphatic carbocycles. The number of hydrogen-bond acceptors (Lipinski definition) is 8. The number of aliphatic hydroxyl groups excluding tert-OH is 3. The van der Waals surface area contributed by atoms with Crippen molar-refractivity contribution < 1.29 is 20.1 Å². The molecule has 1 aliphatic rings. The SMILES string of the molecule is N/N=C\c1cn(C2O[C@H](CO)[C@@H](O)[C@H]2O)c(=O)[nH]c1=O. The summed E-state index contributed by atoms with van der Waals surface area (Å²) >= 11 is 0. The first-order chi connectivity index (χ1) is 9.49. The Hall–Kier alpha value is -2.01. The minimum absolute atomic E-state index is 0.0233. The summed E-state index contributed by atoms with van der Waals surface area (Å²) in [6.45, 7) is -0.524. The lowest BCUT2D eigenvalue weighted by Crippen LogP contribution is -2.38. The molecule has 110 valence electrons. The third-order valence-electron chi connectivity index (χ3n) is 3.00. The van der Waals surface area contributed by atoms with Crippen LogP contribution in [-0.2, 0) is 4.74 Å². The highest BCUT2D eigenvalue weighted by Crippen LogP contribution is 2.27. The van der Waals surface area contributed by atoms with E-state index in [0.29, 0.717) is 0 Å². The molecule has 20 heavy (non-hydrogen) atoms. The van der Waals surface area contributed by atoms with Crippen LogP contribution >= 0.6 is 0 Å². The fourth-order valence-corrected chi connectivity index (χ4v) is 1.97. The van der Waals surface area contributed by atoms with Crippen LogP contribution in [-0.4, -0.2) is 56.0 Å². The second kappa shape index (κ2) is 5.54. The molecule has 0 aromatic carbocycles. The summed E-state index contributed by atoms with van der Waals surface area (Å²) in [4.78, 5) is 25.2. The average Bonchev–Trinajstić information content (AvgIpc) is 2.70. The number of nitrogens with two attached hydrogens (primary N) is 1. The predicted molar refractivity (Wildman–Crippen MR) is 66.1 cm³/mol. The number of rotatable bonds is 3. The maximum atomic E-state index is 11.7. The van der Waals surface area contributed by atoms with Gasteiger partial charge in [0.2, 0.25) is 0 Å². The number of nitrogens with one attached hydrogen (secondary N) is 1. The van der Waals surface area contributed by atoms with Gasteiger partial charge < -0.3 is 25.9 Å². The molecule has 0 spiro atoms. The lowest BCUT2D eigenvalue weighted by Gasteiger charge is -2.17. The number of ether oxygens (including phenoxy) is 1. The summed E-state index contributed by atoms with van der Waals surface area (Å²) in [7, 11) is 0. The average molecular weight is 286 g/mol. The Balaban J connectivity index is 2.46. The molecular formula is C10H14N4O6. The van der Waals surface area contributed by atoms with E-state index in [9.17, 15) is 19.8 Å². The van der Waals surface area contributed by atoms with Crippen LogP contribution in [0.5, 0.6) is 0 Å². The lowest BCUT2D eigenvalue weighted by molar-refractivity contribution is -0.0550. The van der Waals surface area contributed by atoms with Crippen LogP contribution < -0.4 is 17.1 Å². The van der Waals surface area contributed by atoms with Gasteiger partial charge in [-0.3, -0.25) is 14.3 Å². The second-order valence-electron chi connectivity index (χ2n) is 4.26. The van der Waals surface area contributed by atoms with Gasteiger partial charge in [-0.25, -0.2) is 4.79 Å². The summed E-state index contributed by atoms with van der Waals surface area (Å²) < 4.78 is 6.08. The zero-order valence-electron chi connectivity index (χ0n) is 10.2. The largest absolute Gasteiger partial charge is 0.394 e. The molecule has 1 aromatic rings. The fraction of sp³-hybridized carbons (Fsp3) is 0.500. The molecule has 1 aromatic heterocycles. The first-order valence-electron chi connectivity index (χ1n) is 5.70. The van der Waals surface area contributed by atoms with Gasteiger partial charge in [-0.15, -0.1) is 0 Å². The summed E-state index contributed by atoms with van der Waals surface area (Å²) in [5.74, 6) is 4.94. The molecule has 1 fully saturated rings. The van der Waals surface area contributed by atoms with Crippen LogP contribution in [0, 0.1) is 0 Å². The maximum absolute atomic E-state index is 11.7. The highest BCUT2D eigenvalue weighted by Gasteiger charge is 2.43. The lowest BCUT2D eigenvalue weighted by atomic mass is 10.1. The van der Waals surface area contributed by atoms with Crippen molar-refractivity contribution in [2.45, 2.75) is 24.5 Å². The molecule has 1 saturated heterocycles. The minimum atomic E-state index is -1.43. The van der Waals surface area contributed by atoms with Crippen molar-refractivity contribution in [3.63, 3.8) is 0 Å². The van der Waals surface area contributed by atoms with Crippen LogP contribution in [0.3, 0.4) is 0 Å². The Morgan fingerprint density at radius 2 is 2.15 bits per heavy atom. The van der Waals surface area contributed by atoms with Gasteiger partial charge in [0.1, 0.15) is 18.3 Å². The van der Waals surface area contributed by atoms with Crippen molar-refractivity contribution in [1.29, 1.82) is 0 Å². The number of aromatic amines is 1. The molecule has 0 radical (unpaired) electrons. The summed E-state index contributed by atoms with van der Waals surface area (Å²) in [5, 5.41) is 31.6. The topological polar surface area (TPSA) is 163 Å². The standard InChI is InChI=1S/C10H14N4O6/c11-12-1-4-2-14(10(19)13-8(4)18)9-7(17)6(16)5(3-15)20-9/h1-2,5-7,9,15-17H,3,11H2,(H,13,18,19)/b12-1-/t5-,6-,7-,9?/m1/s1. The molecule has 6 N–H and O–H groups in total. The van der Waals surface area contributed by atoms with Crippen molar-refractivity contribution in [3.05, 3.63) is 32.6 Å². The van der Waals surface area contributed by atoms with Crippen LogP contribution in [0.1, 0.15) is 11.8 Å². The highest BCUT2D eigenvalue weighted by atomic mass is 16.6. The molecule has 0 bridgehead atoms. The Morgan fingerprint density at radius 3 is 2.70 bits per heavy atom. The Kier molecular flexibility index (Phi) is 3.99. The molecule has 10 heteroatoms. The zero-order chi connectivity index (χ0) is 14.9. The van der Waals surface area contributed by atoms with Gasteiger partial charge in [0.05, 0.1) is 18.4 Å². The third kappa shape index (κ3) is 2.36. The van der Waals surface area contributed by atoms with E-state index in [1.54, 1.807) is 0 Å². The van der Waals surface area contributed by atoms with Crippen molar-refractivity contribution in [2.24, 2.45) is 10.9 Å². The van der Waals surface area contributed by atoms with Crippen molar-refractivity contribution in [2.75, 3.05) is 6.61 Å². The van der Waals surface area contributed by atoms with E-state index in [1.165, 1.54) is 0 Å². The number of hydrazone groups is 1. The van der Waals surface area contributed by atoms with Gasteiger partial charge in [0.25, 0.3) is 5.56 Å². The van der Waals surface area contributed by atoms with Crippen molar-refractivity contribution in [1.82, 2.24) is 9.55 Å². The summed E-state index contributed by atoms with van der Waals surface area (Å²) in [5.41, 5.74) is -1.56. The summed E-state index contributed by atoms with van der Waals surface area (Å²) in [6, 6.07) is 0. The van der Waals surface area contributed by atoms with Crippen molar-refractivity contribution >= 4 is 6.21 Å². The van der Waals surface area contributed by atoms with E-state index in [1.807, 2.05) is 4.98 Å². The quantitative estimate of drug-likeness (QED) is 0.218. The normalized spacial score (nSPS) is 30.1. The Labute approximate surface area is 111 Å². The van der Waals surface area contributed by atoms with Crippen LogP contribution in [0.4, 0.5) is 0 Å². The van der Waals surface area contributed by atoms with E-state index >= 15 is 0 Å². The van der Waals surface area contributed by atoms with Gasteiger partial charge in [-0.05, 0) is 0 Å². The van der Waals surface area contributed by atoms with E-state index < -0.39 is 42.4 Å². The predicted octanol–water partition coefficient (Wildman–Crippen LogP) is -3.56.